The number of rotatable bonds is 1. The standard InChI is InChI=1S/C14H19NO/c16-13-7-6-11-8-9-15(14(11)10-13)12-4-2-1-3-5-12/h6-7,10,12,16H,1-5,8-9H2. The van der Waals surface area contributed by atoms with Crippen molar-refractivity contribution in [2.45, 2.75) is 44.6 Å². The van der Waals surface area contributed by atoms with Gasteiger partial charge in [-0.05, 0) is 30.9 Å². The molecule has 0 unspecified atom stereocenters. The molecule has 0 bridgehead atoms. The highest BCUT2D eigenvalue weighted by Crippen LogP contribution is 2.36. The number of anilines is 1. The molecule has 1 aliphatic carbocycles. The van der Waals surface area contributed by atoms with Gasteiger partial charge in [0.1, 0.15) is 5.75 Å². The van der Waals surface area contributed by atoms with Crippen molar-refractivity contribution in [2.24, 2.45) is 0 Å². The Kier molecular flexibility index (Phi) is 2.50. The van der Waals surface area contributed by atoms with E-state index >= 15 is 0 Å². The number of nitrogens with zero attached hydrogens (tertiary/aromatic N) is 1. The Labute approximate surface area is 96.9 Å². The first-order valence-corrected chi connectivity index (χ1v) is 6.43. The molecule has 3 rings (SSSR count). The van der Waals surface area contributed by atoms with Crippen LogP contribution in [0.4, 0.5) is 5.69 Å². The highest BCUT2D eigenvalue weighted by molar-refractivity contribution is 5.61. The predicted molar refractivity (Wildman–Crippen MR) is 66.0 cm³/mol. The Bertz CT molecular complexity index is 382. The van der Waals surface area contributed by atoms with Gasteiger partial charge in [-0.1, -0.05) is 25.3 Å². The Morgan fingerprint density at radius 3 is 2.75 bits per heavy atom. The molecule has 1 N–H and O–H groups in total. The molecule has 16 heavy (non-hydrogen) atoms. The Morgan fingerprint density at radius 2 is 1.94 bits per heavy atom. The minimum Gasteiger partial charge on any atom is -0.508 e. The summed E-state index contributed by atoms with van der Waals surface area (Å²) in [5.74, 6) is 0.404. The number of hydrogen-bond acceptors (Lipinski definition) is 2. The number of aromatic hydroxyl groups is 1. The molecule has 0 aromatic heterocycles. The molecule has 2 heteroatoms. The number of phenolic OH excluding ortho intramolecular Hbond substituents is 1. The summed E-state index contributed by atoms with van der Waals surface area (Å²) in [6.07, 6.45) is 7.94. The summed E-state index contributed by atoms with van der Waals surface area (Å²) in [6, 6.07) is 6.55. The molecule has 1 aromatic carbocycles. The van der Waals surface area contributed by atoms with E-state index in [4.69, 9.17) is 0 Å². The molecule has 1 heterocycles. The minimum atomic E-state index is 0.404. The smallest absolute Gasteiger partial charge is 0.117 e. The monoisotopic (exact) mass is 217 g/mol. The van der Waals surface area contributed by atoms with Gasteiger partial charge in [-0.2, -0.15) is 0 Å². The second-order valence-electron chi connectivity index (χ2n) is 5.05. The summed E-state index contributed by atoms with van der Waals surface area (Å²) in [6.45, 7) is 1.14. The molecule has 0 radical (unpaired) electrons. The molecule has 1 fully saturated rings. The molecule has 86 valence electrons. The van der Waals surface area contributed by atoms with E-state index in [1.165, 1.54) is 43.4 Å². The first-order chi connectivity index (χ1) is 7.84. The Hall–Kier alpha value is -1.18. The third-order valence-corrected chi connectivity index (χ3v) is 4.02. The molecule has 1 saturated carbocycles. The van der Waals surface area contributed by atoms with Crippen LogP contribution in [0.2, 0.25) is 0 Å². The summed E-state index contributed by atoms with van der Waals surface area (Å²) in [5, 5.41) is 9.59. The average Bonchev–Trinajstić information content (AvgIpc) is 2.73. The van der Waals surface area contributed by atoms with Crippen LogP contribution in [0.25, 0.3) is 0 Å². The predicted octanol–water partition coefficient (Wildman–Crippen LogP) is 3.09. The summed E-state index contributed by atoms with van der Waals surface area (Å²) in [5.41, 5.74) is 2.69. The molecular weight excluding hydrogens is 198 g/mol. The van der Waals surface area contributed by atoms with Gasteiger partial charge < -0.3 is 10.0 Å². The van der Waals surface area contributed by atoms with E-state index in [9.17, 15) is 5.11 Å². The van der Waals surface area contributed by atoms with Crippen LogP contribution in [0.1, 0.15) is 37.7 Å². The second-order valence-corrected chi connectivity index (χ2v) is 5.05. The second kappa shape index (κ2) is 4.00. The van der Waals surface area contributed by atoms with E-state index in [0.29, 0.717) is 5.75 Å². The van der Waals surface area contributed by atoms with Crippen molar-refractivity contribution in [3.63, 3.8) is 0 Å². The minimum absolute atomic E-state index is 0.404. The highest BCUT2D eigenvalue weighted by atomic mass is 16.3. The van der Waals surface area contributed by atoms with Crippen molar-refractivity contribution in [1.82, 2.24) is 0 Å². The van der Waals surface area contributed by atoms with E-state index in [1.54, 1.807) is 0 Å². The highest BCUT2D eigenvalue weighted by Gasteiger charge is 2.27. The summed E-state index contributed by atoms with van der Waals surface area (Å²) < 4.78 is 0. The molecule has 0 spiro atoms. The molecule has 1 aromatic rings. The molecule has 0 amide bonds. The number of phenols is 1. The third-order valence-electron chi connectivity index (χ3n) is 4.02. The first-order valence-electron chi connectivity index (χ1n) is 6.43. The van der Waals surface area contributed by atoms with Gasteiger partial charge in [-0.15, -0.1) is 0 Å². The van der Waals surface area contributed by atoms with Gasteiger partial charge in [0.15, 0.2) is 0 Å². The zero-order valence-electron chi connectivity index (χ0n) is 9.65. The quantitative estimate of drug-likeness (QED) is 0.781. The maximum Gasteiger partial charge on any atom is 0.117 e. The van der Waals surface area contributed by atoms with Gasteiger partial charge in [0, 0.05) is 24.3 Å². The largest absolute Gasteiger partial charge is 0.508 e. The third kappa shape index (κ3) is 1.66. The lowest BCUT2D eigenvalue weighted by Gasteiger charge is -2.33. The lowest BCUT2D eigenvalue weighted by Crippen LogP contribution is -2.35. The summed E-state index contributed by atoms with van der Waals surface area (Å²) in [4.78, 5) is 2.52. The van der Waals surface area contributed by atoms with Gasteiger partial charge in [0.25, 0.3) is 0 Å². The van der Waals surface area contributed by atoms with Gasteiger partial charge >= 0.3 is 0 Å². The zero-order valence-corrected chi connectivity index (χ0v) is 9.65. The van der Waals surface area contributed by atoms with E-state index < -0.39 is 0 Å². The van der Waals surface area contributed by atoms with E-state index in [1.807, 2.05) is 12.1 Å². The summed E-state index contributed by atoms with van der Waals surface area (Å²) in [7, 11) is 0. The van der Waals surface area contributed by atoms with Gasteiger partial charge in [-0.25, -0.2) is 0 Å². The molecule has 0 atom stereocenters. The van der Waals surface area contributed by atoms with Crippen LogP contribution in [-0.2, 0) is 6.42 Å². The lowest BCUT2D eigenvalue weighted by atomic mass is 9.94. The molecule has 2 aliphatic rings. The fourth-order valence-electron chi connectivity index (χ4n) is 3.16. The SMILES string of the molecule is Oc1ccc2c(c1)N(C1CCCCC1)CC2. The van der Waals surface area contributed by atoms with Crippen LogP contribution in [0.15, 0.2) is 18.2 Å². The molecule has 0 saturated heterocycles. The van der Waals surface area contributed by atoms with Crippen molar-refractivity contribution in [3.8, 4) is 5.75 Å². The van der Waals surface area contributed by atoms with Crippen molar-refractivity contribution >= 4 is 5.69 Å². The molecular formula is C14H19NO. The lowest BCUT2D eigenvalue weighted by molar-refractivity contribution is 0.419. The van der Waals surface area contributed by atoms with E-state index in [0.717, 1.165) is 19.0 Å². The topological polar surface area (TPSA) is 23.5 Å². The Morgan fingerprint density at radius 1 is 1.12 bits per heavy atom. The maximum absolute atomic E-state index is 9.59. The maximum atomic E-state index is 9.59. The van der Waals surface area contributed by atoms with Gasteiger partial charge in [-0.3, -0.25) is 0 Å². The first kappa shape index (κ1) is 10.0. The van der Waals surface area contributed by atoms with Crippen LogP contribution < -0.4 is 4.90 Å². The zero-order chi connectivity index (χ0) is 11.0. The van der Waals surface area contributed by atoms with Crippen molar-refractivity contribution in [1.29, 1.82) is 0 Å². The fraction of sp³-hybridized carbons (Fsp3) is 0.571. The van der Waals surface area contributed by atoms with Crippen molar-refractivity contribution in [2.75, 3.05) is 11.4 Å². The Balaban J connectivity index is 1.86. The average molecular weight is 217 g/mol. The number of fused-ring (bicyclic) bond motifs is 1. The van der Waals surface area contributed by atoms with E-state index in [-0.39, 0.29) is 0 Å². The van der Waals surface area contributed by atoms with Crippen LogP contribution in [0.5, 0.6) is 5.75 Å². The number of benzene rings is 1. The van der Waals surface area contributed by atoms with Crippen molar-refractivity contribution < 1.29 is 5.11 Å². The van der Waals surface area contributed by atoms with E-state index in [2.05, 4.69) is 11.0 Å². The van der Waals surface area contributed by atoms with Crippen molar-refractivity contribution in [3.05, 3.63) is 23.8 Å². The molecule has 1 aliphatic heterocycles. The molecule has 2 nitrogen and oxygen atoms in total. The number of hydrogen-bond donors (Lipinski definition) is 1. The van der Waals surface area contributed by atoms with Crippen LogP contribution in [0, 0.1) is 0 Å². The van der Waals surface area contributed by atoms with Crippen LogP contribution >= 0.6 is 0 Å². The summed E-state index contributed by atoms with van der Waals surface area (Å²) >= 11 is 0. The van der Waals surface area contributed by atoms with Gasteiger partial charge in [0.2, 0.25) is 0 Å². The van der Waals surface area contributed by atoms with Crippen LogP contribution in [-0.4, -0.2) is 17.7 Å². The van der Waals surface area contributed by atoms with Gasteiger partial charge in [0.05, 0.1) is 0 Å². The fourth-order valence-corrected chi connectivity index (χ4v) is 3.16. The van der Waals surface area contributed by atoms with Crippen LogP contribution in [0.3, 0.4) is 0 Å². The normalized spacial score (nSPS) is 21.1.